The van der Waals surface area contributed by atoms with E-state index in [0.717, 1.165) is 0 Å². The largest absolute Gasteiger partial charge is 0.336 e. The second-order valence-electron chi connectivity index (χ2n) is 3.98. The summed E-state index contributed by atoms with van der Waals surface area (Å²) in [6.07, 6.45) is 0. The lowest BCUT2D eigenvalue weighted by Crippen LogP contribution is -2.04. The van der Waals surface area contributed by atoms with Gasteiger partial charge in [-0.25, -0.2) is 4.39 Å². The van der Waals surface area contributed by atoms with E-state index < -0.39 is 5.82 Å². The predicted molar refractivity (Wildman–Crippen MR) is 75.2 cm³/mol. The fourth-order valence-corrected chi connectivity index (χ4v) is 2.23. The number of hydrogen-bond donors (Lipinski definition) is 1. The highest BCUT2D eigenvalue weighted by atomic mass is 35.5. The molecule has 6 nitrogen and oxygen atoms in total. The number of benzene rings is 1. The van der Waals surface area contributed by atoms with Gasteiger partial charge in [0.25, 0.3) is 0 Å². The van der Waals surface area contributed by atoms with Crippen LogP contribution in [0, 0.1) is 17.1 Å². The number of fused-ring (bicyclic) bond motifs is 1. The van der Waals surface area contributed by atoms with E-state index in [1.165, 1.54) is 16.6 Å². The van der Waals surface area contributed by atoms with Gasteiger partial charge < -0.3 is 5.32 Å². The van der Waals surface area contributed by atoms with Crippen LogP contribution in [0.15, 0.2) is 24.3 Å². The summed E-state index contributed by atoms with van der Waals surface area (Å²) in [4.78, 5) is 0. The molecule has 0 amide bonds. The molecule has 0 radical (unpaired) electrons. The van der Waals surface area contributed by atoms with Crippen molar-refractivity contribution in [2.24, 2.45) is 0 Å². The number of nitriles is 1. The third kappa shape index (κ3) is 2.14. The zero-order valence-corrected chi connectivity index (χ0v) is 11.7. The van der Waals surface area contributed by atoms with Crippen LogP contribution in [0.5, 0.6) is 0 Å². The Hall–Kier alpha value is -2.43. The topological polar surface area (TPSA) is 78.9 Å². The number of para-hydroxylation sites is 1. The van der Waals surface area contributed by atoms with E-state index in [2.05, 4.69) is 20.8 Å². The van der Waals surface area contributed by atoms with Crippen molar-refractivity contribution in [2.75, 3.05) is 5.32 Å². The molecule has 0 aliphatic heterocycles. The molecule has 3 rings (SSSR count). The fraction of sp³-hybridized carbons (Fsp3) is 0. The lowest BCUT2D eigenvalue weighted by molar-refractivity contribution is 0.631. The molecular formula is C12H5Cl2FN6. The van der Waals surface area contributed by atoms with Crippen LogP contribution in [0.1, 0.15) is 5.56 Å². The molecule has 2 aromatic heterocycles. The van der Waals surface area contributed by atoms with Gasteiger partial charge in [0.15, 0.2) is 5.82 Å². The highest BCUT2D eigenvalue weighted by Crippen LogP contribution is 2.36. The highest BCUT2D eigenvalue weighted by Gasteiger charge is 2.20. The zero-order valence-electron chi connectivity index (χ0n) is 10.2. The second-order valence-corrected chi connectivity index (χ2v) is 4.74. The molecule has 1 aromatic carbocycles. The minimum absolute atomic E-state index is 0.000283. The van der Waals surface area contributed by atoms with Crippen LogP contribution < -0.4 is 5.32 Å². The lowest BCUT2D eigenvalue weighted by atomic mass is 10.2. The maximum absolute atomic E-state index is 13.7. The predicted octanol–water partition coefficient (Wildman–Crippen LogP) is 3.19. The molecule has 104 valence electrons. The molecule has 0 aliphatic rings. The van der Waals surface area contributed by atoms with Crippen molar-refractivity contribution < 1.29 is 4.39 Å². The summed E-state index contributed by atoms with van der Waals surface area (Å²) in [6.45, 7) is 0. The van der Waals surface area contributed by atoms with Crippen LogP contribution in [0.3, 0.4) is 0 Å². The third-order valence-corrected chi connectivity index (χ3v) is 3.61. The summed E-state index contributed by atoms with van der Waals surface area (Å²) in [5, 5.41) is 22.8. The molecule has 9 heteroatoms. The molecule has 0 saturated carbocycles. The average Bonchev–Trinajstić information content (AvgIpc) is 2.95. The van der Waals surface area contributed by atoms with E-state index in [4.69, 9.17) is 28.5 Å². The maximum atomic E-state index is 13.7. The van der Waals surface area contributed by atoms with E-state index in [0.29, 0.717) is 0 Å². The van der Waals surface area contributed by atoms with Crippen LogP contribution in [0.25, 0.3) is 5.65 Å². The normalized spacial score (nSPS) is 10.6. The average molecular weight is 323 g/mol. The first-order chi connectivity index (χ1) is 10.1. The fourth-order valence-electron chi connectivity index (χ4n) is 1.80. The third-order valence-electron chi connectivity index (χ3n) is 2.76. The van der Waals surface area contributed by atoms with Gasteiger partial charge in [-0.2, -0.15) is 9.78 Å². The van der Waals surface area contributed by atoms with Crippen molar-refractivity contribution in [3.05, 3.63) is 45.7 Å². The first kappa shape index (κ1) is 13.5. The van der Waals surface area contributed by atoms with Gasteiger partial charge >= 0.3 is 0 Å². The number of anilines is 2. The van der Waals surface area contributed by atoms with Crippen LogP contribution >= 0.6 is 23.2 Å². The van der Waals surface area contributed by atoms with Crippen molar-refractivity contribution in [1.82, 2.24) is 20.0 Å². The number of rotatable bonds is 2. The van der Waals surface area contributed by atoms with Gasteiger partial charge in [-0.1, -0.05) is 35.3 Å². The van der Waals surface area contributed by atoms with Crippen LogP contribution in [-0.4, -0.2) is 20.0 Å². The molecule has 0 unspecified atom stereocenters. The molecule has 1 N–H and O–H groups in total. The summed E-state index contributed by atoms with van der Waals surface area (Å²) in [7, 11) is 0. The van der Waals surface area contributed by atoms with Crippen molar-refractivity contribution in [1.29, 1.82) is 5.26 Å². The second kappa shape index (κ2) is 5.16. The van der Waals surface area contributed by atoms with Gasteiger partial charge in [0.05, 0.1) is 10.7 Å². The first-order valence-corrected chi connectivity index (χ1v) is 6.39. The van der Waals surface area contributed by atoms with Crippen molar-refractivity contribution >= 4 is 40.4 Å². The lowest BCUT2D eigenvalue weighted by Gasteiger charge is -2.12. The number of hydrogen-bond acceptors (Lipinski definition) is 5. The molecule has 0 bridgehead atoms. The summed E-state index contributed by atoms with van der Waals surface area (Å²) >= 11 is 12.2. The Morgan fingerprint density at radius 3 is 2.71 bits per heavy atom. The monoisotopic (exact) mass is 322 g/mol. The van der Waals surface area contributed by atoms with Crippen LogP contribution in [0.2, 0.25) is 10.0 Å². The van der Waals surface area contributed by atoms with Crippen LogP contribution in [-0.2, 0) is 0 Å². The van der Waals surface area contributed by atoms with E-state index in [-0.39, 0.29) is 32.8 Å². The SMILES string of the molecule is N#Cc1c(Cl)c(Cl)c(Nc2ccccc2F)n2nnnc12. The van der Waals surface area contributed by atoms with Crippen molar-refractivity contribution in [3.63, 3.8) is 0 Å². The first-order valence-electron chi connectivity index (χ1n) is 5.64. The Morgan fingerprint density at radius 1 is 1.24 bits per heavy atom. The number of tetrazole rings is 1. The Balaban J connectivity index is 2.24. The van der Waals surface area contributed by atoms with Gasteiger partial charge in [0, 0.05) is 0 Å². The maximum Gasteiger partial charge on any atom is 0.200 e. The van der Waals surface area contributed by atoms with E-state index >= 15 is 0 Å². The summed E-state index contributed by atoms with van der Waals surface area (Å²) in [5.41, 5.74) is 0.355. The molecule has 0 spiro atoms. The van der Waals surface area contributed by atoms with Gasteiger partial charge in [-0.3, -0.25) is 0 Å². The molecule has 2 heterocycles. The summed E-state index contributed by atoms with van der Waals surface area (Å²) in [6, 6.07) is 7.91. The summed E-state index contributed by atoms with van der Waals surface area (Å²) < 4.78 is 14.9. The Kier molecular flexibility index (Phi) is 3.33. The van der Waals surface area contributed by atoms with Gasteiger partial charge in [0.1, 0.15) is 22.5 Å². The Morgan fingerprint density at radius 2 is 2.00 bits per heavy atom. The van der Waals surface area contributed by atoms with Gasteiger partial charge in [-0.15, -0.1) is 5.10 Å². The Labute approximate surface area is 127 Å². The summed E-state index contributed by atoms with van der Waals surface area (Å²) in [5.74, 6) is -0.305. The minimum atomic E-state index is -0.477. The van der Waals surface area contributed by atoms with Crippen LogP contribution in [0.4, 0.5) is 15.9 Å². The van der Waals surface area contributed by atoms with E-state index in [1.54, 1.807) is 12.1 Å². The Bertz CT molecular complexity index is 885. The number of aromatic nitrogens is 4. The van der Waals surface area contributed by atoms with E-state index in [1.807, 2.05) is 6.07 Å². The molecule has 21 heavy (non-hydrogen) atoms. The molecule has 0 saturated heterocycles. The number of nitrogens with zero attached hydrogens (tertiary/aromatic N) is 5. The molecule has 0 aliphatic carbocycles. The zero-order chi connectivity index (χ0) is 15.0. The molecule has 0 fully saturated rings. The standard InChI is InChI=1S/C12H5Cl2FN6/c13-9-6(5-16)11-18-19-20-21(11)12(10(9)14)17-8-4-2-1-3-7(8)15/h1-4,17H. The number of nitrogens with one attached hydrogen (secondary N) is 1. The molecular weight excluding hydrogens is 318 g/mol. The minimum Gasteiger partial charge on any atom is -0.336 e. The van der Waals surface area contributed by atoms with E-state index in [9.17, 15) is 4.39 Å². The highest BCUT2D eigenvalue weighted by molar-refractivity contribution is 6.44. The van der Waals surface area contributed by atoms with Gasteiger partial charge in [0.2, 0.25) is 5.65 Å². The van der Waals surface area contributed by atoms with Crippen molar-refractivity contribution in [3.8, 4) is 6.07 Å². The molecule has 0 atom stereocenters. The quantitative estimate of drug-likeness (QED) is 0.783. The number of pyridine rings is 1. The van der Waals surface area contributed by atoms with Gasteiger partial charge in [-0.05, 0) is 22.6 Å². The molecule has 3 aromatic rings. The number of halogens is 3. The van der Waals surface area contributed by atoms with Crippen molar-refractivity contribution in [2.45, 2.75) is 0 Å². The smallest absolute Gasteiger partial charge is 0.200 e.